The van der Waals surface area contributed by atoms with Crippen molar-refractivity contribution < 1.29 is 37.0 Å². The molecule has 5 nitrogen and oxygen atoms in total. The molecule has 1 aliphatic heterocycles. The highest BCUT2D eigenvalue weighted by Crippen LogP contribution is 2.43. The first kappa shape index (κ1) is 23.2. The van der Waals surface area contributed by atoms with Crippen molar-refractivity contribution in [3.8, 4) is 0 Å². The lowest BCUT2D eigenvalue weighted by molar-refractivity contribution is -0.148. The second-order valence-electron chi connectivity index (χ2n) is 8.59. The van der Waals surface area contributed by atoms with Crippen LogP contribution in [0.3, 0.4) is 0 Å². The number of alkyl halides is 3. The number of nitrogens with one attached hydrogen (secondary N) is 1. The Bertz CT molecular complexity index is 1030. The van der Waals surface area contributed by atoms with Gasteiger partial charge in [0.15, 0.2) is 0 Å². The van der Waals surface area contributed by atoms with E-state index in [9.17, 15) is 32.3 Å². The topological polar surface area (TPSA) is 75.6 Å². The van der Waals surface area contributed by atoms with Crippen molar-refractivity contribution >= 4 is 17.6 Å². The van der Waals surface area contributed by atoms with Crippen molar-refractivity contribution in [1.29, 1.82) is 0 Å². The summed E-state index contributed by atoms with van der Waals surface area (Å²) in [4.78, 5) is 25.1. The van der Waals surface area contributed by atoms with E-state index in [0.717, 1.165) is 17.2 Å². The molecule has 2 aromatic rings. The molecule has 4 rings (SSSR count). The van der Waals surface area contributed by atoms with Crippen molar-refractivity contribution in [2.24, 2.45) is 11.8 Å². The number of carbonyl (C=O) groups is 2. The quantitative estimate of drug-likeness (QED) is 0.597. The van der Waals surface area contributed by atoms with E-state index in [1.807, 2.05) is 24.3 Å². The third-order valence-corrected chi connectivity index (χ3v) is 6.55. The average molecular weight is 465 g/mol. The molecule has 9 heteroatoms. The molecule has 1 amide bonds. The number of hydrogen-bond acceptors (Lipinski definition) is 3. The van der Waals surface area contributed by atoms with Crippen molar-refractivity contribution in [2.45, 2.75) is 37.3 Å². The van der Waals surface area contributed by atoms with Crippen LogP contribution in [0.1, 0.15) is 47.8 Å². The molecule has 2 fully saturated rings. The minimum atomic E-state index is -4.71. The summed E-state index contributed by atoms with van der Waals surface area (Å²) >= 11 is 0. The first-order chi connectivity index (χ1) is 15.6. The SMILES string of the molecule is O=C(O)[C@@H]1[C@@H](c2ccc(C3COC3)cc2)CCC[C@H]1C(=O)Nc1ccc(C(F)(F)F)cc1F. The first-order valence-electron chi connectivity index (χ1n) is 10.7. The Morgan fingerprint density at radius 2 is 1.67 bits per heavy atom. The lowest BCUT2D eigenvalue weighted by Crippen LogP contribution is -2.40. The Morgan fingerprint density at radius 3 is 2.21 bits per heavy atom. The number of halogens is 4. The Labute approximate surface area is 187 Å². The fourth-order valence-electron chi connectivity index (χ4n) is 4.67. The van der Waals surface area contributed by atoms with Crippen LogP contribution in [0.15, 0.2) is 42.5 Å². The minimum Gasteiger partial charge on any atom is -0.481 e. The third-order valence-electron chi connectivity index (χ3n) is 6.55. The maximum absolute atomic E-state index is 14.2. The van der Waals surface area contributed by atoms with Gasteiger partial charge in [-0.3, -0.25) is 9.59 Å². The van der Waals surface area contributed by atoms with E-state index in [-0.39, 0.29) is 0 Å². The van der Waals surface area contributed by atoms with E-state index in [1.54, 1.807) is 0 Å². The highest BCUT2D eigenvalue weighted by molar-refractivity contribution is 5.95. The fourth-order valence-corrected chi connectivity index (χ4v) is 4.67. The largest absolute Gasteiger partial charge is 0.481 e. The Kier molecular flexibility index (Phi) is 6.43. The second-order valence-corrected chi connectivity index (χ2v) is 8.59. The molecule has 0 aromatic heterocycles. The van der Waals surface area contributed by atoms with Crippen LogP contribution in [0.25, 0.3) is 0 Å². The number of carboxylic acids is 1. The molecule has 2 N–H and O–H groups in total. The lowest BCUT2D eigenvalue weighted by atomic mass is 9.69. The van der Waals surface area contributed by atoms with Gasteiger partial charge in [-0.05, 0) is 48.1 Å². The number of hydrogen-bond donors (Lipinski definition) is 2. The number of amides is 1. The number of rotatable bonds is 5. The van der Waals surface area contributed by atoms with Gasteiger partial charge in [0, 0.05) is 5.92 Å². The smallest absolute Gasteiger partial charge is 0.416 e. The maximum atomic E-state index is 14.2. The van der Waals surface area contributed by atoms with Gasteiger partial charge in [-0.15, -0.1) is 0 Å². The predicted molar refractivity (Wildman–Crippen MR) is 111 cm³/mol. The molecule has 1 saturated carbocycles. The number of anilines is 1. The molecule has 2 aliphatic rings. The second kappa shape index (κ2) is 9.13. The van der Waals surface area contributed by atoms with E-state index < -0.39 is 52.9 Å². The summed E-state index contributed by atoms with van der Waals surface area (Å²) in [5, 5.41) is 12.2. The Morgan fingerprint density at radius 1 is 1.00 bits per heavy atom. The number of carboxylic acid groups (broad SMARTS) is 1. The molecule has 33 heavy (non-hydrogen) atoms. The van der Waals surface area contributed by atoms with Gasteiger partial charge in [0.1, 0.15) is 5.82 Å². The highest BCUT2D eigenvalue weighted by atomic mass is 19.4. The van der Waals surface area contributed by atoms with Crippen LogP contribution >= 0.6 is 0 Å². The van der Waals surface area contributed by atoms with Crippen LogP contribution in [0.2, 0.25) is 0 Å². The molecule has 3 atom stereocenters. The summed E-state index contributed by atoms with van der Waals surface area (Å²) < 4.78 is 57.7. The summed E-state index contributed by atoms with van der Waals surface area (Å²) in [5.74, 6) is -5.13. The van der Waals surface area contributed by atoms with Gasteiger partial charge in [-0.25, -0.2) is 4.39 Å². The molecule has 0 radical (unpaired) electrons. The number of aliphatic carboxylic acids is 1. The molecular formula is C24H23F4NO4. The van der Waals surface area contributed by atoms with Gasteiger partial charge >= 0.3 is 12.1 Å². The predicted octanol–water partition coefficient (Wildman–Crippen LogP) is 5.18. The summed E-state index contributed by atoms with van der Waals surface area (Å²) in [5.41, 5.74) is 0.340. The van der Waals surface area contributed by atoms with Crippen LogP contribution in [0.5, 0.6) is 0 Å². The fraction of sp³-hybridized carbons (Fsp3) is 0.417. The Hall–Kier alpha value is -2.94. The van der Waals surface area contributed by atoms with Crippen LogP contribution in [-0.2, 0) is 20.5 Å². The minimum absolute atomic E-state index is 0.291. The molecule has 2 aromatic carbocycles. The van der Waals surface area contributed by atoms with E-state index >= 15 is 0 Å². The van der Waals surface area contributed by atoms with Crippen molar-refractivity contribution in [1.82, 2.24) is 0 Å². The molecule has 0 spiro atoms. The average Bonchev–Trinajstić information content (AvgIpc) is 2.73. The molecule has 176 valence electrons. The third kappa shape index (κ3) is 4.88. The number of benzene rings is 2. The van der Waals surface area contributed by atoms with E-state index in [1.165, 1.54) is 0 Å². The molecular weight excluding hydrogens is 442 g/mol. The van der Waals surface area contributed by atoms with Gasteiger partial charge in [-0.1, -0.05) is 30.7 Å². The monoisotopic (exact) mass is 465 g/mol. The van der Waals surface area contributed by atoms with Crippen molar-refractivity contribution in [3.63, 3.8) is 0 Å². The molecule has 1 saturated heterocycles. The van der Waals surface area contributed by atoms with Crippen molar-refractivity contribution in [3.05, 3.63) is 65.0 Å². The summed E-state index contributed by atoms with van der Waals surface area (Å²) in [6.07, 6.45) is -3.24. The zero-order chi connectivity index (χ0) is 23.8. The van der Waals surface area contributed by atoms with Crippen LogP contribution in [0, 0.1) is 17.7 Å². The first-order valence-corrected chi connectivity index (χ1v) is 10.7. The Balaban J connectivity index is 1.53. The zero-order valence-corrected chi connectivity index (χ0v) is 17.6. The van der Waals surface area contributed by atoms with Gasteiger partial charge < -0.3 is 15.2 Å². The van der Waals surface area contributed by atoms with E-state index in [2.05, 4.69) is 5.32 Å². The van der Waals surface area contributed by atoms with Crippen molar-refractivity contribution in [2.75, 3.05) is 18.5 Å². The maximum Gasteiger partial charge on any atom is 0.416 e. The molecule has 0 bridgehead atoms. The van der Waals surface area contributed by atoms with Gasteiger partial charge in [-0.2, -0.15) is 13.2 Å². The van der Waals surface area contributed by atoms with Crippen LogP contribution in [-0.4, -0.2) is 30.2 Å². The summed E-state index contributed by atoms with van der Waals surface area (Å²) in [6.45, 7) is 1.31. The van der Waals surface area contributed by atoms with Gasteiger partial charge in [0.05, 0.1) is 36.3 Å². The molecule has 1 aliphatic carbocycles. The normalized spacial score (nSPS) is 23.6. The van der Waals surface area contributed by atoms with Crippen LogP contribution < -0.4 is 5.32 Å². The lowest BCUT2D eigenvalue weighted by Gasteiger charge is -2.35. The van der Waals surface area contributed by atoms with Crippen LogP contribution in [0.4, 0.5) is 23.2 Å². The highest BCUT2D eigenvalue weighted by Gasteiger charge is 2.43. The van der Waals surface area contributed by atoms with Gasteiger partial charge in [0.25, 0.3) is 0 Å². The summed E-state index contributed by atoms with van der Waals surface area (Å²) in [7, 11) is 0. The van der Waals surface area contributed by atoms with E-state index in [0.29, 0.717) is 50.5 Å². The zero-order valence-electron chi connectivity index (χ0n) is 17.6. The van der Waals surface area contributed by atoms with E-state index in [4.69, 9.17) is 4.74 Å². The number of ether oxygens (including phenoxy) is 1. The standard InChI is InChI=1S/C24H23F4NO4/c25-19-10-16(24(26,27)28)8-9-20(19)29-22(30)18-3-1-2-17(21(18)23(31)32)14-6-4-13(5-7-14)15-11-33-12-15/h4-10,15,17-18,21H,1-3,11-12H2,(H,29,30)(H,31,32)/t17-,18-,21-/m1/s1. The summed E-state index contributed by atoms with van der Waals surface area (Å²) in [6, 6.07) is 9.48. The number of carbonyl (C=O) groups excluding carboxylic acids is 1. The molecule has 0 unspecified atom stereocenters. The van der Waals surface area contributed by atoms with Gasteiger partial charge in [0.2, 0.25) is 5.91 Å². The molecule has 1 heterocycles.